The van der Waals surface area contributed by atoms with Crippen molar-refractivity contribution in [2.75, 3.05) is 18.8 Å². The number of fused-ring (bicyclic) bond motifs is 1. The molecule has 1 saturated heterocycles. The monoisotopic (exact) mass is 385 g/mol. The van der Waals surface area contributed by atoms with Gasteiger partial charge in [-0.15, -0.1) is 0 Å². The van der Waals surface area contributed by atoms with E-state index >= 15 is 0 Å². The molecule has 0 spiro atoms. The van der Waals surface area contributed by atoms with E-state index in [0.29, 0.717) is 11.9 Å². The van der Waals surface area contributed by atoms with Crippen LogP contribution < -0.4 is 15.8 Å². The number of para-hydroxylation sites is 1. The largest absolute Gasteiger partial charge is 0.457 e. The topological polar surface area (TPSA) is 77.5 Å². The molecule has 0 aliphatic carbocycles. The number of rotatable bonds is 4. The molecule has 1 aliphatic heterocycles. The van der Waals surface area contributed by atoms with E-state index in [9.17, 15) is 0 Å². The number of hydrogen-bond acceptors (Lipinski definition) is 5. The normalized spacial score (nSPS) is 14.9. The Morgan fingerprint density at radius 1 is 0.931 bits per heavy atom. The van der Waals surface area contributed by atoms with Crippen LogP contribution in [0, 0.1) is 0 Å². The third-order valence-corrected chi connectivity index (χ3v) is 5.43. The van der Waals surface area contributed by atoms with Crippen LogP contribution in [0.2, 0.25) is 0 Å². The average Bonchev–Trinajstić information content (AvgIpc) is 3.17. The highest BCUT2D eigenvalue weighted by atomic mass is 16.5. The number of ether oxygens (including phenoxy) is 1. The van der Waals surface area contributed by atoms with Crippen molar-refractivity contribution in [1.82, 2.24) is 19.7 Å². The van der Waals surface area contributed by atoms with Gasteiger partial charge in [0.2, 0.25) is 5.95 Å². The molecule has 6 nitrogen and oxygen atoms in total. The van der Waals surface area contributed by atoms with Crippen molar-refractivity contribution in [2.45, 2.75) is 18.8 Å². The molecule has 0 unspecified atom stereocenters. The van der Waals surface area contributed by atoms with Crippen LogP contribution in [0.4, 0.5) is 5.95 Å². The minimum absolute atomic E-state index is 0.433. The number of benzene rings is 2. The summed E-state index contributed by atoms with van der Waals surface area (Å²) in [5.41, 5.74) is 9.39. The van der Waals surface area contributed by atoms with E-state index in [0.717, 1.165) is 60.0 Å². The molecule has 2 aromatic carbocycles. The van der Waals surface area contributed by atoms with Crippen LogP contribution in [0.1, 0.15) is 24.5 Å². The third-order valence-electron chi connectivity index (χ3n) is 5.43. The number of nitrogens with one attached hydrogen (secondary N) is 1. The summed E-state index contributed by atoms with van der Waals surface area (Å²) in [6.45, 7) is 2.04. The van der Waals surface area contributed by atoms with E-state index in [4.69, 9.17) is 15.5 Å². The smallest absolute Gasteiger partial charge is 0.206 e. The number of piperidine rings is 1. The molecule has 6 heteroatoms. The predicted molar refractivity (Wildman–Crippen MR) is 114 cm³/mol. The summed E-state index contributed by atoms with van der Waals surface area (Å²) < 4.78 is 7.87. The van der Waals surface area contributed by atoms with Gasteiger partial charge in [0.05, 0.1) is 11.2 Å². The first-order valence-corrected chi connectivity index (χ1v) is 9.96. The van der Waals surface area contributed by atoms with Gasteiger partial charge in [0.25, 0.3) is 0 Å². The number of nitrogen functional groups attached to an aromatic ring is 1. The first kappa shape index (κ1) is 17.7. The number of hydrogen-bond donors (Lipinski definition) is 2. The summed E-state index contributed by atoms with van der Waals surface area (Å²) in [7, 11) is 0. The maximum atomic E-state index is 6.24. The van der Waals surface area contributed by atoms with Crippen LogP contribution in [0.3, 0.4) is 0 Å². The second-order valence-electron chi connectivity index (χ2n) is 7.31. The Bertz CT molecular complexity index is 1120. The molecule has 3 N–H and O–H groups in total. The first-order valence-electron chi connectivity index (χ1n) is 9.96. The summed E-state index contributed by atoms with van der Waals surface area (Å²) in [6, 6.07) is 19.7. The van der Waals surface area contributed by atoms with Gasteiger partial charge >= 0.3 is 0 Å². The van der Waals surface area contributed by atoms with E-state index in [1.165, 1.54) is 0 Å². The molecule has 3 heterocycles. The van der Waals surface area contributed by atoms with Crippen molar-refractivity contribution >= 4 is 11.5 Å². The lowest BCUT2D eigenvalue weighted by Crippen LogP contribution is -2.26. The van der Waals surface area contributed by atoms with Crippen molar-refractivity contribution in [2.24, 2.45) is 0 Å². The highest BCUT2D eigenvalue weighted by molar-refractivity contribution is 5.69. The standard InChI is InChI=1S/C23H23N5O/c24-23-26-15-12-20-21(16-10-13-25-14-11-16)27-22(28(20)23)17-6-8-19(9-7-17)29-18-4-2-1-3-5-18/h1-9,12,15-16,25H,10-11,13-14H2,(H2,24,26). The minimum atomic E-state index is 0.433. The lowest BCUT2D eigenvalue weighted by atomic mass is 9.94. The van der Waals surface area contributed by atoms with Gasteiger partial charge in [-0.05, 0) is 68.4 Å². The van der Waals surface area contributed by atoms with Crippen LogP contribution in [0.25, 0.3) is 16.9 Å². The van der Waals surface area contributed by atoms with Crippen molar-refractivity contribution in [3.8, 4) is 22.9 Å². The molecule has 4 aromatic rings. The molecular formula is C23H23N5O. The van der Waals surface area contributed by atoms with Gasteiger partial charge in [-0.2, -0.15) is 0 Å². The Balaban J connectivity index is 1.52. The summed E-state index contributed by atoms with van der Waals surface area (Å²) in [5, 5.41) is 3.42. The Morgan fingerprint density at radius 3 is 2.41 bits per heavy atom. The number of anilines is 1. The van der Waals surface area contributed by atoms with E-state index in [1.54, 1.807) is 6.20 Å². The van der Waals surface area contributed by atoms with Gasteiger partial charge in [-0.25, -0.2) is 9.97 Å². The zero-order valence-corrected chi connectivity index (χ0v) is 16.1. The highest BCUT2D eigenvalue weighted by Gasteiger charge is 2.23. The summed E-state index contributed by atoms with van der Waals surface area (Å²) in [4.78, 5) is 9.32. The van der Waals surface area contributed by atoms with Crippen molar-refractivity contribution in [3.63, 3.8) is 0 Å². The number of imidazole rings is 1. The molecule has 0 radical (unpaired) electrons. The molecule has 0 amide bonds. The highest BCUT2D eigenvalue weighted by Crippen LogP contribution is 2.33. The number of aromatic nitrogens is 3. The minimum Gasteiger partial charge on any atom is -0.457 e. The molecule has 0 atom stereocenters. The zero-order valence-electron chi connectivity index (χ0n) is 16.1. The Labute approximate surface area is 169 Å². The van der Waals surface area contributed by atoms with Gasteiger partial charge in [-0.1, -0.05) is 18.2 Å². The van der Waals surface area contributed by atoms with E-state index < -0.39 is 0 Å². The molecule has 0 bridgehead atoms. The Morgan fingerprint density at radius 2 is 1.66 bits per heavy atom. The molecule has 5 rings (SSSR count). The Kier molecular flexibility index (Phi) is 4.62. The fraction of sp³-hybridized carbons (Fsp3) is 0.217. The summed E-state index contributed by atoms with van der Waals surface area (Å²) in [5.74, 6) is 3.31. The van der Waals surface area contributed by atoms with Gasteiger partial charge in [-0.3, -0.25) is 4.40 Å². The summed E-state index contributed by atoms with van der Waals surface area (Å²) >= 11 is 0. The second-order valence-corrected chi connectivity index (χ2v) is 7.31. The van der Waals surface area contributed by atoms with E-state index in [2.05, 4.69) is 10.3 Å². The van der Waals surface area contributed by atoms with Gasteiger partial charge < -0.3 is 15.8 Å². The van der Waals surface area contributed by atoms with Gasteiger partial charge in [0, 0.05) is 17.7 Å². The first-order chi connectivity index (χ1) is 14.3. The molecule has 146 valence electrons. The van der Waals surface area contributed by atoms with Crippen molar-refractivity contribution in [3.05, 3.63) is 72.6 Å². The molecule has 1 fully saturated rings. The van der Waals surface area contributed by atoms with Crippen molar-refractivity contribution in [1.29, 1.82) is 0 Å². The van der Waals surface area contributed by atoms with E-state index in [-0.39, 0.29) is 0 Å². The van der Waals surface area contributed by atoms with Crippen LogP contribution in [-0.2, 0) is 0 Å². The maximum absolute atomic E-state index is 6.24. The molecule has 29 heavy (non-hydrogen) atoms. The van der Waals surface area contributed by atoms with Crippen molar-refractivity contribution < 1.29 is 4.74 Å². The van der Waals surface area contributed by atoms with Crippen LogP contribution in [0.5, 0.6) is 11.5 Å². The van der Waals surface area contributed by atoms with Gasteiger partial charge in [0.15, 0.2) is 0 Å². The fourth-order valence-electron chi connectivity index (χ4n) is 3.97. The SMILES string of the molecule is Nc1nccc2c(C3CCNCC3)nc(-c3ccc(Oc4ccccc4)cc3)n12. The average molecular weight is 385 g/mol. The van der Waals surface area contributed by atoms with Crippen LogP contribution in [0.15, 0.2) is 66.9 Å². The fourth-order valence-corrected chi connectivity index (χ4v) is 3.97. The van der Waals surface area contributed by atoms with Gasteiger partial charge in [0.1, 0.15) is 17.3 Å². The van der Waals surface area contributed by atoms with E-state index in [1.807, 2.05) is 65.1 Å². The lowest BCUT2D eigenvalue weighted by molar-refractivity contribution is 0.456. The number of nitrogens with two attached hydrogens (primary N) is 1. The number of nitrogens with zero attached hydrogens (tertiary/aromatic N) is 3. The Hall–Kier alpha value is -3.38. The van der Waals surface area contributed by atoms with Crippen LogP contribution in [-0.4, -0.2) is 27.5 Å². The molecule has 2 aromatic heterocycles. The molecule has 0 saturated carbocycles. The maximum Gasteiger partial charge on any atom is 0.206 e. The lowest BCUT2D eigenvalue weighted by Gasteiger charge is -2.21. The predicted octanol–water partition coefficient (Wildman–Crippen LogP) is 4.24. The quantitative estimate of drug-likeness (QED) is 0.549. The second kappa shape index (κ2) is 7.56. The molecule has 1 aliphatic rings. The zero-order chi connectivity index (χ0) is 19.6. The van der Waals surface area contributed by atoms with Crippen LogP contribution >= 0.6 is 0 Å². The summed E-state index contributed by atoms with van der Waals surface area (Å²) in [6.07, 6.45) is 3.92. The molecular weight excluding hydrogens is 362 g/mol. The third kappa shape index (κ3) is 3.43.